The minimum Gasteiger partial charge on any atom is -0.359 e. The minimum absolute atomic E-state index is 0.180. The Morgan fingerprint density at radius 2 is 1.78 bits per heavy atom. The van der Waals surface area contributed by atoms with Gasteiger partial charge in [-0.05, 0) is 54.5 Å². The Balaban J connectivity index is 2.53. The van der Waals surface area contributed by atoms with Crippen LogP contribution in [-0.2, 0) is 12.0 Å². The lowest BCUT2D eigenvalue weighted by Gasteiger charge is -2.41. The number of benzene rings is 1. The molecule has 0 aliphatic carbocycles. The fourth-order valence-corrected chi connectivity index (χ4v) is 4.61. The van der Waals surface area contributed by atoms with Crippen molar-refractivity contribution in [1.29, 1.82) is 0 Å². The van der Waals surface area contributed by atoms with Crippen LogP contribution in [0.4, 0.5) is 0 Å². The summed E-state index contributed by atoms with van der Waals surface area (Å²) in [6.07, 6.45) is 1.18. The molecule has 27 heavy (non-hydrogen) atoms. The smallest absolute Gasteiger partial charge is 0.297 e. The van der Waals surface area contributed by atoms with Gasteiger partial charge in [0, 0.05) is 12.6 Å². The zero-order chi connectivity index (χ0) is 20.5. The van der Waals surface area contributed by atoms with E-state index in [1.54, 1.807) is 0 Å². The Hall–Kier alpha value is -0.770. The molecule has 3 unspecified atom stereocenters. The lowest BCUT2D eigenvalue weighted by molar-refractivity contribution is 0.239. The molecule has 0 saturated heterocycles. The molecular formula is C22H41B2N3. The van der Waals surface area contributed by atoms with Crippen LogP contribution in [0.15, 0.2) is 18.2 Å². The summed E-state index contributed by atoms with van der Waals surface area (Å²) in [5.74, 6) is 1.14. The van der Waals surface area contributed by atoms with Gasteiger partial charge in [-0.3, -0.25) is 0 Å². The monoisotopic (exact) mass is 369 g/mol. The van der Waals surface area contributed by atoms with Crippen LogP contribution < -0.4 is 5.23 Å². The molecule has 0 aromatic heterocycles. The van der Waals surface area contributed by atoms with Gasteiger partial charge in [0.25, 0.3) is 14.0 Å². The maximum absolute atomic E-state index is 3.78. The van der Waals surface area contributed by atoms with Gasteiger partial charge in [0.1, 0.15) is 0 Å². The Morgan fingerprint density at radius 3 is 2.33 bits per heavy atom. The number of hydrogen-bond donors (Lipinski definition) is 1. The molecule has 1 N–H and O–H groups in total. The second kappa shape index (κ2) is 8.71. The maximum Gasteiger partial charge on any atom is 0.297 e. The van der Waals surface area contributed by atoms with Gasteiger partial charge in [-0.2, -0.15) is 0 Å². The van der Waals surface area contributed by atoms with Crippen molar-refractivity contribution in [1.82, 2.24) is 14.8 Å². The summed E-state index contributed by atoms with van der Waals surface area (Å²) in [5.41, 5.74) is 4.59. The van der Waals surface area contributed by atoms with E-state index < -0.39 is 0 Å². The van der Waals surface area contributed by atoms with Crippen molar-refractivity contribution in [2.45, 2.75) is 85.5 Å². The van der Waals surface area contributed by atoms with Gasteiger partial charge in [0.15, 0.2) is 0 Å². The third kappa shape index (κ3) is 4.81. The fourth-order valence-electron chi connectivity index (χ4n) is 4.61. The van der Waals surface area contributed by atoms with Crippen LogP contribution in [-0.4, -0.2) is 43.6 Å². The quantitative estimate of drug-likeness (QED) is 0.724. The summed E-state index contributed by atoms with van der Waals surface area (Å²) < 4.78 is 2.46. The van der Waals surface area contributed by atoms with Crippen molar-refractivity contribution in [3.8, 4) is 0 Å². The van der Waals surface area contributed by atoms with E-state index in [1.165, 1.54) is 23.1 Å². The minimum atomic E-state index is 0.180. The van der Waals surface area contributed by atoms with E-state index in [0.717, 1.165) is 6.54 Å². The number of nitrogens with zero attached hydrogens (tertiary/aromatic N) is 2. The van der Waals surface area contributed by atoms with Crippen LogP contribution in [0.3, 0.4) is 0 Å². The van der Waals surface area contributed by atoms with E-state index in [9.17, 15) is 0 Å². The Bertz CT molecular complexity index is 628. The summed E-state index contributed by atoms with van der Waals surface area (Å²) in [7, 11) is 4.54. The SMILES string of the molecule is CCC1C(C)C(C)c2ccc(C(C)(C)C)cc2CNB(C)N(C)B(C)N1C. The Labute approximate surface area is 169 Å². The van der Waals surface area contributed by atoms with E-state index in [1.807, 2.05) is 0 Å². The number of nitrogens with one attached hydrogen (secondary N) is 1. The summed E-state index contributed by atoms with van der Waals surface area (Å²) in [5, 5.41) is 3.78. The van der Waals surface area contributed by atoms with Gasteiger partial charge < -0.3 is 14.8 Å². The second-order valence-corrected chi connectivity index (χ2v) is 9.81. The molecule has 0 bridgehead atoms. The normalized spacial score (nSPS) is 26.7. The highest BCUT2D eigenvalue weighted by atomic mass is 15.2. The largest absolute Gasteiger partial charge is 0.359 e. The molecule has 1 aliphatic rings. The molecule has 1 heterocycles. The van der Waals surface area contributed by atoms with Gasteiger partial charge in [-0.15, -0.1) is 0 Å². The molecule has 1 aliphatic heterocycles. The van der Waals surface area contributed by atoms with Crippen LogP contribution in [0.1, 0.15) is 70.6 Å². The van der Waals surface area contributed by atoms with Gasteiger partial charge in [-0.1, -0.05) is 73.4 Å². The highest BCUT2D eigenvalue weighted by Gasteiger charge is 2.35. The molecule has 0 saturated carbocycles. The zero-order valence-electron chi connectivity index (χ0n) is 19.4. The standard InChI is InChI=1S/C22H41B2N3/c1-11-21-17(3)16(2)20-13-12-19(22(4,5)6)14-18(20)15-25-23(7)27(10)24(8)26(21)9/h12-14,16-17,21,25H,11,15H2,1-10H3. The van der Waals surface area contributed by atoms with Crippen molar-refractivity contribution in [3.63, 3.8) is 0 Å². The van der Waals surface area contributed by atoms with Gasteiger partial charge in [0.05, 0.1) is 0 Å². The summed E-state index contributed by atoms with van der Waals surface area (Å²) in [6, 6.07) is 7.77. The fraction of sp³-hybridized carbons (Fsp3) is 0.727. The van der Waals surface area contributed by atoms with E-state index in [4.69, 9.17) is 0 Å². The lowest BCUT2D eigenvalue weighted by atomic mass is 9.61. The average Bonchev–Trinajstić information content (AvgIpc) is 2.63. The summed E-state index contributed by atoms with van der Waals surface area (Å²) in [4.78, 5) is 2.58. The van der Waals surface area contributed by atoms with Crippen LogP contribution in [0.25, 0.3) is 0 Å². The molecule has 2 rings (SSSR count). The second-order valence-electron chi connectivity index (χ2n) is 9.81. The highest BCUT2D eigenvalue weighted by molar-refractivity contribution is 6.68. The van der Waals surface area contributed by atoms with Crippen molar-refractivity contribution < 1.29 is 0 Å². The number of rotatable bonds is 1. The van der Waals surface area contributed by atoms with Crippen LogP contribution in [0, 0.1) is 5.92 Å². The van der Waals surface area contributed by atoms with E-state index in [-0.39, 0.29) is 5.41 Å². The van der Waals surface area contributed by atoms with Crippen molar-refractivity contribution in [3.05, 3.63) is 34.9 Å². The molecule has 1 aromatic carbocycles. The molecule has 150 valence electrons. The van der Waals surface area contributed by atoms with Gasteiger partial charge in [-0.25, -0.2) is 0 Å². The van der Waals surface area contributed by atoms with E-state index in [0.29, 0.717) is 31.8 Å². The van der Waals surface area contributed by atoms with Gasteiger partial charge in [0.2, 0.25) is 0 Å². The highest BCUT2D eigenvalue weighted by Crippen LogP contribution is 2.35. The first-order chi connectivity index (χ1) is 12.5. The predicted molar refractivity (Wildman–Crippen MR) is 122 cm³/mol. The number of fused-ring (bicyclic) bond motifs is 1. The average molecular weight is 369 g/mol. The van der Waals surface area contributed by atoms with Crippen LogP contribution >= 0.6 is 0 Å². The molecule has 3 atom stereocenters. The van der Waals surface area contributed by atoms with E-state index in [2.05, 4.69) is 102 Å². The molecule has 5 heteroatoms. The maximum atomic E-state index is 3.78. The third-order valence-electron chi connectivity index (χ3n) is 7.21. The van der Waals surface area contributed by atoms with Crippen molar-refractivity contribution in [2.75, 3.05) is 14.1 Å². The molecule has 0 radical (unpaired) electrons. The van der Waals surface area contributed by atoms with Crippen molar-refractivity contribution >= 4 is 14.0 Å². The van der Waals surface area contributed by atoms with Gasteiger partial charge >= 0.3 is 0 Å². The number of hydrogen-bond acceptors (Lipinski definition) is 3. The first-order valence-corrected chi connectivity index (χ1v) is 10.8. The molecule has 0 fully saturated rings. The molecular weight excluding hydrogens is 328 g/mol. The topological polar surface area (TPSA) is 18.5 Å². The predicted octanol–water partition coefficient (Wildman–Crippen LogP) is 4.71. The van der Waals surface area contributed by atoms with E-state index >= 15 is 0 Å². The van der Waals surface area contributed by atoms with Crippen LogP contribution in [0.5, 0.6) is 0 Å². The Kier molecular flexibility index (Phi) is 7.27. The molecule has 0 spiro atoms. The molecule has 3 nitrogen and oxygen atoms in total. The first-order valence-electron chi connectivity index (χ1n) is 10.8. The van der Waals surface area contributed by atoms with Crippen LogP contribution in [0.2, 0.25) is 13.6 Å². The lowest BCUT2D eigenvalue weighted by Crippen LogP contribution is -2.60. The molecule has 1 aromatic rings. The zero-order valence-corrected chi connectivity index (χ0v) is 19.4. The first kappa shape index (κ1) is 22.5. The molecule has 0 amide bonds. The third-order valence-corrected chi connectivity index (χ3v) is 7.21. The summed E-state index contributed by atoms with van der Waals surface area (Å²) >= 11 is 0. The summed E-state index contributed by atoms with van der Waals surface area (Å²) in [6.45, 7) is 20.4. The van der Waals surface area contributed by atoms with Crippen molar-refractivity contribution in [2.24, 2.45) is 5.92 Å². The Morgan fingerprint density at radius 1 is 1.15 bits per heavy atom.